The highest BCUT2D eigenvalue weighted by atomic mass is 15.0. The monoisotopic (exact) mass is 542 g/mol. The molecule has 0 aliphatic rings. The summed E-state index contributed by atoms with van der Waals surface area (Å²) in [6.07, 6.45) is 7.75. The molecule has 0 unspecified atom stereocenters. The first-order valence-electron chi connectivity index (χ1n) is 14.4. The molecule has 0 atom stereocenters. The van der Waals surface area contributed by atoms with Crippen molar-refractivity contribution >= 4 is 43.6 Å². The second-order valence-electron chi connectivity index (χ2n) is 11.5. The molecule has 4 aromatic heterocycles. The Morgan fingerprint density at radius 3 is 1.02 bits per heavy atom. The summed E-state index contributed by atoms with van der Waals surface area (Å²) in [7, 11) is 0. The summed E-state index contributed by atoms with van der Waals surface area (Å²) >= 11 is 0. The molecule has 0 saturated heterocycles. The van der Waals surface area contributed by atoms with Crippen molar-refractivity contribution < 1.29 is 0 Å². The highest BCUT2D eigenvalue weighted by molar-refractivity contribution is 6.11. The molecule has 8 aromatic rings. The fourth-order valence-corrected chi connectivity index (χ4v) is 6.60. The minimum Gasteiger partial charge on any atom is -0.309 e. The van der Waals surface area contributed by atoms with E-state index in [9.17, 15) is 0 Å². The molecule has 4 heterocycles. The summed E-state index contributed by atoms with van der Waals surface area (Å²) < 4.78 is 4.77. The minimum absolute atomic E-state index is 1.04. The number of pyridine rings is 2. The van der Waals surface area contributed by atoms with Crippen LogP contribution >= 0.6 is 0 Å². The van der Waals surface area contributed by atoms with E-state index in [2.05, 4.69) is 132 Å². The lowest BCUT2D eigenvalue weighted by Crippen LogP contribution is -2.02. The average molecular weight is 543 g/mol. The maximum Gasteiger partial charge on any atom is 0.0572 e. The van der Waals surface area contributed by atoms with Gasteiger partial charge in [-0.1, -0.05) is 46.5 Å². The van der Waals surface area contributed by atoms with Crippen LogP contribution in [0.3, 0.4) is 0 Å². The Morgan fingerprint density at radius 1 is 0.405 bits per heavy atom. The molecule has 8 rings (SSSR count). The number of hydrogen-bond acceptors (Lipinski definition) is 2. The third kappa shape index (κ3) is 3.61. The van der Waals surface area contributed by atoms with E-state index in [1.54, 1.807) is 0 Å². The highest BCUT2D eigenvalue weighted by Crippen LogP contribution is 2.40. The standard InChI is InChI=1S/C38H30N4/c1-23-5-9-33-27(17-23)28-18-24(2)6-10-34(28)41(33)37-13-15-39-21-31(37)32-22-40-16-14-38(32)42-35-11-7-25(3)19-29(35)30-20-26(4)8-12-36(30)42/h5-22H,1-4H3. The molecular formula is C38H30N4. The van der Waals surface area contributed by atoms with Crippen LogP contribution in [0.5, 0.6) is 0 Å². The van der Waals surface area contributed by atoms with Gasteiger partial charge in [0.25, 0.3) is 0 Å². The molecule has 4 heteroatoms. The molecule has 42 heavy (non-hydrogen) atoms. The van der Waals surface area contributed by atoms with Crippen molar-refractivity contribution in [2.24, 2.45) is 0 Å². The Balaban J connectivity index is 1.46. The summed E-state index contributed by atoms with van der Waals surface area (Å²) in [4.78, 5) is 9.28. The average Bonchev–Trinajstić information content (AvgIpc) is 3.48. The largest absolute Gasteiger partial charge is 0.309 e. The minimum atomic E-state index is 1.04. The zero-order valence-corrected chi connectivity index (χ0v) is 24.2. The van der Waals surface area contributed by atoms with Gasteiger partial charge >= 0.3 is 0 Å². The Bertz CT molecular complexity index is 2070. The van der Waals surface area contributed by atoms with Crippen molar-refractivity contribution in [3.8, 4) is 22.5 Å². The third-order valence-corrected chi connectivity index (χ3v) is 8.52. The van der Waals surface area contributed by atoms with Crippen molar-refractivity contribution in [2.45, 2.75) is 27.7 Å². The van der Waals surface area contributed by atoms with Crippen LogP contribution in [0.15, 0.2) is 110 Å². The Labute approximate surface area is 244 Å². The summed E-state index contributed by atoms with van der Waals surface area (Å²) in [5.41, 5.74) is 14.0. The topological polar surface area (TPSA) is 35.6 Å². The number of aromatic nitrogens is 4. The molecular weight excluding hydrogens is 512 g/mol. The van der Waals surface area contributed by atoms with Crippen molar-refractivity contribution in [3.05, 3.63) is 132 Å². The van der Waals surface area contributed by atoms with Crippen LogP contribution < -0.4 is 0 Å². The van der Waals surface area contributed by atoms with Gasteiger partial charge in [0.15, 0.2) is 0 Å². The van der Waals surface area contributed by atoms with Gasteiger partial charge in [0.1, 0.15) is 0 Å². The Hall–Kier alpha value is -5.22. The number of fused-ring (bicyclic) bond motifs is 6. The lowest BCUT2D eigenvalue weighted by molar-refractivity contribution is 1.13. The second kappa shape index (κ2) is 9.15. The molecule has 0 N–H and O–H groups in total. The molecule has 0 bridgehead atoms. The Morgan fingerprint density at radius 2 is 0.714 bits per heavy atom. The number of hydrogen-bond donors (Lipinski definition) is 0. The van der Waals surface area contributed by atoms with Gasteiger partial charge < -0.3 is 9.13 Å². The summed E-state index contributed by atoms with van der Waals surface area (Å²) in [6, 6.07) is 31.2. The van der Waals surface area contributed by atoms with Crippen LogP contribution in [-0.2, 0) is 0 Å². The van der Waals surface area contributed by atoms with Crippen LogP contribution in [0.1, 0.15) is 22.3 Å². The molecule has 0 spiro atoms. The number of nitrogens with zero attached hydrogens (tertiary/aromatic N) is 4. The molecule has 202 valence electrons. The first kappa shape index (κ1) is 24.6. The van der Waals surface area contributed by atoms with E-state index in [0.717, 1.165) is 22.5 Å². The quantitative estimate of drug-likeness (QED) is 0.223. The summed E-state index contributed by atoms with van der Waals surface area (Å²) in [5, 5.41) is 5.04. The van der Waals surface area contributed by atoms with Gasteiger partial charge in [0.05, 0.1) is 33.4 Å². The van der Waals surface area contributed by atoms with Crippen molar-refractivity contribution in [3.63, 3.8) is 0 Å². The normalized spacial score (nSPS) is 11.8. The van der Waals surface area contributed by atoms with Gasteiger partial charge in [0.2, 0.25) is 0 Å². The van der Waals surface area contributed by atoms with E-state index < -0.39 is 0 Å². The third-order valence-electron chi connectivity index (χ3n) is 8.52. The van der Waals surface area contributed by atoms with Crippen molar-refractivity contribution in [1.29, 1.82) is 0 Å². The zero-order valence-electron chi connectivity index (χ0n) is 24.2. The molecule has 0 radical (unpaired) electrons. The van der Waals surface area contributed by atoms with Crippen LogP contribution in [0, 0.1) is 27.7 Å². The fourth-order valence-electron chi connectivity index (χ4n) is 6.60. The summed E-state index contributed by atoms with van der Waals surface area (Å²) in [5.74, 6) is 0. The van der Waals surface area contributed by atoms with Crippen LogP contribution in [-0.4, -0.2) is 19.1 Å². The van der Waals surface area contributed by atoms with Crippen molar-refractivity contribution in [2.75, 3.05) is 0 Å². The number of aryl methyl sites for hydroxylation is 4. The van der Waals surface area contributed by atoms with E-state index >= 15 is 0 Å². The van der Waals surface area contributed by atoms with Gasteiger partial charge in [-0.05, 0) is 88.4 Å². The van der Waals surface area contributed by atoms with Crippen LogP contribution in [0.2, 0.25) is 0 Å². The maximum atomic E-state index is 4.64. The van der Waals surface area contributed by atoms with Gasteiger partial charge in [-0.2, -0.15) is 0 Å². The molecule has 4 aromatic carbocycles. The smallest absolute Gasteiger partial charge is 0.0572 e. The van der Waals surface area contributed by atoms with E-state index in [1.807, 2.05) is 24.8 Å². The highest BCUT2D eigenvalue weighted by Gasteiger charge is 2.20. The molecule has 0 saturated carbocycles. The molecule has 0 fully saturated rings. The molecule has 4 nitrogen and oxygen atoms in total. The fraction of sp³-hybridized carbons (Fsp3) is 0.105. The predicted molar refractivity (Wildman–Crippen MR) is 175 cm³/mol. The van der Waals surface area contributed by atoms with Crippen LogP contribution in [0.25, 0.3) is 66.1 Å². The first-order valence-corrected chi connectivity index (χ1v) is 14.4. The molecule has 0 aliphatic heterocycles. The first-order chi connectivity index (χ1) is 20.5. The van der Waals surface area contributed by atoms with E-state index in [0.29, 0.717) is 0 Å². The summed E-state index contributed by atoms with van der Waals surface area (Å²) in [6.45, 7) is 8.64. The zero-order chi connectivity index (χ0) is 28.5. The van der Waals surface area contributed by atoms with E-state index in [-0.39, 0.29) is 0 Å². The van der Waals surface area contributed by atoms with Gasteiger partial charge in [0, 0.05) is 57.5 Å². The van der Waals surface area contributed by atoms with Gasteiger partial charge in [-0.25, -0.2) is 0 Å². The maximum absolute atomic E-state index is 4.64. The van der Waals surface area contributed by atoms with Crippen LogP contribution in [0.4, 0.5) is 0 Å². The van der Waals surface area contributed by atoms with E-state index in [4.69, 9.17) is 0 Å². The van der Waals surface area contributed by atoms with E-state index in [1.165, 1.54) is 65.9 Å². The second-order valence-corrected chi connectivity index (χ2v) is 11.5. The lowest BCUT2D eigenvalue weighted by atomic mass is 10.0. The number of rotatable bonds is 3. The SMILES string of the molecule is Cc1ccc2c(c1)c1cc(C)ccc1n2-c1ccncc1-c1cnccc1-n1c2ccc(C)cc2c2cc(C)ccc21. The lowest BCUT2D eigenvalue weighted by Gasteiger charge is -2.17. The Kier molecular flexibility index (Phi) is 5.35. The van der Waals surface area contributed by atoms with Crippen molar-refractivity contribution in [1.82, 2.24) is 19.1 Å². The van der Waals surface area contributed by atoms with Gasteiger partial charge in [-0.3, -0.25) is 9.97 Å². The van der Waals surface area contributed by atoms with Gasteiger partial charge in [-0.15, -0.1) is 0 Å². The number of benzene rings is 4. The predicted octanol–water partition coefficient (Wildman–Crippen LogP) is 9.57. The molecule has 0 amide bonds. The molecule has 0 aliphatic carbocycles.